The second kappa shape index (κ2) is 10.4. The van der Waals surface area contributed by atoms with Crippen LogP contribution in [0.1, 0.15) is 13.3 Å². The lowest BCUT2D eigenvalue weighted by atomic mass is 10.5. The molecule has 0 saturated carbocycles. The first-order valence-corrected chi connectivity index (χ1v) is 2.43. The van der Waals surface area contributed by atoms with Gasteiger partial charge in [-0.15, -0.1) is 0 Å². The van der Waals surface area contributed by atoms with E-state index in [-0.39, 0.29) is 23.1 Å². The Morgan fingerprint density at radius 3 is 2.62 bits per heavy atom. The lowest BCUT2D eigenvalue weighted by molar-refractivity contribution is -0.108. The first-order chi connectivity index (χ1) is 3.41. The predicted molar refractivity (Wildman–Crippen MR) is 35.7 cm³/mol. The molecule has 0 amide bonds. The first kappa shape index (κ1) is 11.2. The Bertz CT molecular complexity index is 47.7. The van der Waals surface area contributed by atoms with Crippen molar-refractivity contribution in [2.75, 3.05) is 13.2 Å². The molecule has 3 heteroatoms. The van der Waals surface area contributed by atoms with Gasteiger partial charge in [-0.25, -0.2) is 0 Å². The van der Waals surface area contributed by atoms with Crippen LogP contribution in [0.25, 0.3) is 0 Å². The van der Waals surface area contributed by atoms with E-state index < -0.39 is 0 Å². The standard InChI is InChI=1S/C5H10O2.Mg.2H/c1-2-7-5-3-4-6;;;/h4H,2-3,5H2,1H3;;;. The van der Waals surface area contributed by atoms with E-state index in [2.05, 4.69) is 0 Å². The third-order valence-corrected chi connectivity index (χ3v) is 0.584. The summed E-state index contributed by atoms with van der Waals surface area (Å²) in [6, 6.07) is 0. The Balaban J connectivity index is 0. The molecule has 0 rings (SSSR count). The van der Waals surface area contributed by atoms with Gasteiger partial charge in [0.15, 0.2) is 0 Å². The van der Waals surface area contributed by atoms with E-state index >= 15 is 0 Å². The molecule has 0 saturated heterocycles. The lowest BCUT2D eigenvalue weighted by Crippen LogP contribution is -1.92. The molecule has 0 fully saturated rings. The van der Waals surface area contributed by atoms with Crippen molar-refractivity contribution in [1.29, 1.82) is 0 Å². The maximum Gasteiger partial charge on any atom is 0.316 e. The highest BCUT2D eigenvalue weighted by molar-refractivity contribution is 5.75. The zero-order chi connectivity index (χ0) is 5.54. The molecule has 0 aliphatic heterocycles. The van der Waals surface area contributed by atoms with Crippen LogP contribution in [0.3, 0.4) is 0 Å². The maximum atomic E-state index is 9.60. The van der Waals surface area contributed by atoms with Crippen molar-refractivity contribution in [2.45, 2.75) is 13.3 Å². The Labute approximate surface area is 65.7 Å². The van der Waals surface area contributed by atoms with Crippen molar-refractivity contribution in [3.63, 3.8) is 0 Å². The van der Waals surface area contributed by atoms with Gasteiger partial charge in [-0.05, 0) is 6.92 Å². The Hall–Kier alpha value is 0.396. The fraction of sp³-hybridized carbons (Fsp3) is 0.800. The average Bonchev–Trinajstić information content (AvgIpc) is 1.69. The molecule has 0 aliphatic carbocycles. The molecular weight excluding hydrogens is 116 g/mol. The van der Waals surface area contributed by atoms with Crippen LogP contribution in [0, 0.1) is 0 Å². The molecule has 0 aliphatic rings. The van der Waals surface area contributed by atoms with E-state index in [0.29, 0.717) is 19.6 Å². The summed E-state index contributed by atoms with van der Waals surface area (Å²) in [5, 5.41) is 0. The second-order valence-corrected chi connectivity index (χ2v) is 1.15. The summed E-state index contributed by atoms with van der Waals surface area (Å²) in [5.41, 5.74) is 0. The van der Waals surface area contributed by atoms with Gasteiger partial charge in [0, 0.05) is 13.0 Å². The largest absolute Gasteiger partial charge is 0.381 e. The smallest absolute Gasteiger partial charge is 0.316 e. The minimum atomic E-state index is 0. The molecule has 0 aromatic heterocycles. The van der Waals surface area contributed by atoms with Crippen LogP contribution in [0.2, 0.25) is 0 Å². The highest BCUT2D eigenvalue weighted by Crippen LogP contribution is 1.74. The van der Waals surface area contributed by atoms with Crippen molar-refractivity contribution in [3.8, 4) is 0 Å². The molecule has 0 aromatic rings. The van der Waals surface area contributed by atoms with Gasteiger partial charge >= 0.3 is 23.1 Å². The zero-order valence-electron chi connectivity index (χ0n) is 4.52. The monoisotopic (exact) mass is 128 g/mol. The minimum absolute atomic E-state index is 0. The number of ether oxygens (including phenoxy) is 1. The van der Waals surface area contributed by atoms with Gasteiger partial charge in [0.25, 0.3) is 0 Å². The highest BCUT2D eigenvalue weighted by atomic mass is 24.3. The highest BCUT2D eigenvalue weighted by Gasteiger charge is 1.78. The van der Waals surface area contributed by atoms with Gasteiger partial charge in [0.05, 0.1) is 6.61 Å². The van der Waals surface area contributed by atoms with Crippen molar-refractivity contribution in [1.82, 2.24) is 0 Å². The molecule has 0 bridgehead atoms. The number of carbonyl (C=O) groups is 1. The molecule has 8 heavy (non-hydrogen) atoms. The molecule has 0 spiro atoms. The van der Waals surface area contributed by atoms with Crippen LogP contribution >= 0.6 is 0 Å². The van der Waals surface area contributed by atoms with Gasteiger partial charge in [-0.1, -0.05) is 0 Å². The number of hydrogen-bond acceptors (Lipinski definition) is 2. The van der Waals surface area contributed by atoms with Crippen molar-refractivity contribution < 1.29 is 9.53 Å². The normalized spacial score (nSPS) is 7.62. The third-order valence-electron chi connectivity index (χ3n) is 0.584. The zero-order valence-corrected chi connectivity index (χ0v) is 4.52. The van der Waals surface area contributed by atoms with Crippen LogP contribution < -0.4 is 0 Å². The third kappa shape index (κ3) is 9.64. The Kier molecular flexibility index (Phi) is 14.6. The molecule has 0 atom stereocenters. The van der Waals surface area contributed by atoms with Gasteiger partial charge in [0.1, 0.15) is 6.29 Å². The summed E-state index contributed by atoms with van der Waals surface area (Å²) < 4.78 is 4.84. The van der Waals surface area contributed by atoms with Gasteiger partial charge in [-0.3, -0.25) is 0 Å². The van der Waals surface area contributed by atoms with E-state index in [1.54, 1.807) is 0 Å². The predicted octanol–water partition coefficient (Wildman–Crippen LogP) is -0.304. The topological polar surface area (TPSA) is 26.3 Å². The second-order valence-electron chi connectivity index (χ2n) is 1.15. The SMILES string of the molecule is CCOCCC=O.[MgH2]. The summed E-state index contributed by atoms with van der Waals surface area (Å²) in [5.74, 6) is 0. The van der Waals surface area contributed by atoms with E-state index in [9.17, 15) is 4.79 Å². The fourth-order valence-corrected chi connectivity index (χ4v) is 0.276. The first-order valence-electron chi connectivity index (χ1n) is 2.43. The van der Waals surface area contributed by atoms with Crippen molar-refractivity contribution >= 4 is 29.3 Å². The quantitative estimate of drug-likeness (QED) is 0.295. The van der Waals surface area contributed by atoms with Gasteiger partial charge in [0.2, 0.25) is 0 Å². The summed E-state index contributed by atoms with van der Waals surface area (Å²) in [7, 11) is 0. The average molecular weight is 128 g/mol. The molecular formula is C5H12MgO2. The van der Waals surface area contributed by atoms with Crippen LogP contribution in [-0.4, -0.2) is 42.6 Å². The number of hydrogen-bond donors (Lipinski definition) is 0. The minimum Gasteiger partial charge on any atom is -0.381 e. The molecule has 0 aromatic carbocycles. The molecule has 2 nitrogen and oxygen atoms in total. The van der Waals surface area contributed by atoms with Crippen LogP contribution in [0.15, 0.2) is 0 Å². The Morgan fingerprint density at radius 1 is 1.62 bits per heavy atom. The van der Waals surface area contributed by atoms with Crippen LogP contribution in [0.5, 0.6) is 0 Å². The van der Waals surface area contributed by atoms with Crippen LogP contribution in [-0.2, 0) is 9.53 Å². The maximum absolute atomic E-state index is 9.60. The van der Waals surface area contributed by atoms with E-state index in [1.807, 2.05) is 6.92 Å². The lowest BCUT2D eigenvalue weighted by Gasteiger charge is -1.91. The van der Waals surface area contributed by atoms with E-state index in [4.69, 9.17) is 4.74 Å². The Morgan fingerprint density at radius 2 is 2.25 bits per heavy atom. The molecule has 0 unspecified atom stereocenters. The van der Waals surface area contributed by atoms with E-state index in [1.165, 1.54) is 0 Å². The summed E-state index contributed by atoms with van der Waals surface area (Å²) in [6.07, 6.45) is 1.38. The molecule has 0 N–H and O–H groups in total. The van der Waals surface area contributed by atoms with Crippen molar-refractivity contribution in [3.05, 3.63) is 0 Å². The summed E-state index contributed by atoms with van der Waals surface area (Å²) >= 11 is 0. The van der Waals surface area contributed by atoms with E-state index in [0.717, 1.165) is 6.29 Å². The number of carbonyl (C=O) groups excluding carboxylic acids is 1. The van der Waals surface area contributed by atoms with Gasteiger partial charge in [-0.2, -0.15) is 0 Å². The summed E-state index contributed by atoms with van der Waals surface area (Å²) in [4.78, 5) is 9.60. The van der Waals surface area contributed by atoms with Crippen molar-refractivity contribution in [2.24, 2.45) is 0 Å². The molecule has 0 radical (unpaired) electrons. The van der Waals surface area contributed by atoms with Gasteiger partial charge < -0.3 is 9.53 Å². The molecule has 46 valence electrons. The summed E-state index contributed by atoms with van der Waals surface area (Å²) in [6.45, 7) is 3.18. The number of rotatable bonds is 4. The number of aldehydes is 1. The fourth-order valence-electron chi connectivity index (χ4n) is 0.276. The van der Waals surface area contributed by atoms with Crippen LogP contribution in [0.4, 0.5) is 0 Å². The molecule has 0 heterocycles.